The Hall–Kier alpha value is -0.530. The van der Waals surface area contributed by atoms with Gasteiger partial charge < -0.3 is 5.73 Å². The second-order valence-corrected chi connectivity index (χ2v) is 1.15. The number of rotatable bonds is 0. The van der Waals surface area contributed by atoms with Crippen molar-refractivity contribution in [2.24, 2.45) is 5.73 Å². The van der Waals surface area contributed by atoms with Crippen molar-refractivity contribution < 1.29 is 0 Å². The topological polar surface area (TPSA) is 26.0 Å². The zero-order valence-corrected chi connectivity index (χ0v) is 6.27. The lowest BCUT2D eigenvalue weighted by molar-refractivity contribution is 1.48. The Morgan fingerprint density at radius 2 is 0.778 bits per heavy atom. The summed E-state index contributed by atoms with van der Waals surface area (Å²) in [7, 11) is 1.50. The molecule has 0 amide bonds. The molecule has 0 saturated carbocycles. The van der Waals surface area contributed by atoms with Crippen molar-refractivity contribution in [1.29, 1.82) is 0 Å². The largest absolute Gasteiger partial charge is 0.333 e. The molecular weight excluding hydrogens is 134 g/mol. The van der Waals surface area contributed by atoms with Gasteiger partial charge in [-0.05, 0) is 7.05 Å². The first-order valence-electron chi connectivity index (χ1n) is 2.58. The molecule has 0 aliphatic carbocycles. The first kappa shape index (κ1) is 11.3. The third-order valence-electron chi connectivity index (χ3n) is 0.667. The minimum absolute atomic E-state index is 0. The summed E-state index contributed by atoms with van der Waals surface area (Å²) in [6, 6.07) is 12.0. The fourth-order valence-electron chi connectivity index (χ4n) is 0.385. The van der Waals surface area contributed by atoms with E-state index in [0.717, 1.165) is 0 Å². The summed E-state index contributed by atoms with van der Waals surface area (Å²) in [6.07, 6.45) is 0. The van der Waals surface area contributed by atoms with Crippen LogP contribution < -0.4 is 5.73 Å². The van der Waals surface area contributed by atoms with E-state index < -0.39 is 0 Å². The standard InChI is InChI=1S/C6H6.CH5N.ClH/c1-2-4-6-5-3-1;1-2;/h1-6H;2H2,1H3;1H. The van der Waals surface area contributed by atoms with Crippen LogP contribution in [0.3, 0.4) is 0 Å². The Kier molecular flexibility index (Phi) is 13.1. The van der Waals surface area contributed by atoms with E-state index in [0.29, 0.717) is 0 Å². The van der Waals surface area contributed by atoms with Crippen LogP contribution in [0.25, 0.3) is 0 Å². The second-order valence-electron chi connectivity index (χ2n) is 1.15. The van der Waals surface area contributed by atoms with Gasteiger partial charge in [0.25, 0.3) is 0 Å². The molecular formula is C7H12ClN. The molecule has 1 aromatic rings. The van der Waals surface area contributed by atoms with Crippen LogP contribution in [0.2, 0.25) is 0 Å². The van der Waals surface area contributed by atoms with E-state index in [9.17, 15) is 0 Å². The number of hydrogen-bond acceptors (Lipinski definition) is 1. The van der Waals surface area contributed by atoms with Crippen LogP contribution in [-0.2, 0) is 0 Å². The first-order valence-corrected chi connectivity index (χ1v) is 2.58. The van der Waals surface area contributed by atoms with Gasteiger partial charge >= 0.3 is 0 Å². The molecule has 0 unspecified atom stereocenters. The summed E-state index contributed by atoms with van der Waals surface area (Å²) in [5.41, 5.74) is 4.50. The van der Waals surface area contributed by atoms with E-state index in [4.69, 9.17) is 0 Å². The molecule has 1 nitrogen and oxygen atoms in total. The molecule has 1 rings (SSSR count). The Morgan fingerprint density at radius 3 is 0.889 bits per heavy atom. The van der Waals surface area contributed by atoms with E-state index >= 15 is 0 Å². The maximum Gasteiger partial charge on any atom is -0.0195 e. The highest BCUT2D eigenvalue weighted by molar-refractivity contribution is 5.85. The Balaban J connectivity index is 0. The number of benzene rings is 1. The molecule has 0 heterocycles. The van der Waals surface area contributed by atoms with Gasteiger partial charge in [0.1, 0.15) is 0 Å². The Morgan fingerprint density at radius 1 is 0.667 bits per heavy atom. The summed E-state index contributed by atoms with van der Waals surface area (Å²) < 4.78 is 0. The van der Waals surface area contributed by atoms with Gasteiger partial charge in [0.2, 0.25) is 0 Å². The molecule has 0 fully saturated rings. The van der Waals surface area contributed by atoms with Gasteiger partial charge in [-0.25, -0.2) is 0 Å². The maximum atomic E-state index is 4.50. The second kappa shape index (κ2) is 10.5. The average Bonchev–Trinajstić information content (AvgIpc) is 1.96. The summed E-state index contributed by atoms with van der Waals surface area (Å²) in [5, 5.41) is 0. The van der Waals surface area contributed by atoms with E-state index in [2.05, 4.69) is 5.73 Å². The SMILES string of the molecule is CN.Cl.c1ccccc1. The lowest BCUT2D eigenvalue weighted by Gasteiger charge is -1.69. The van der Waals surface area contributed by atoms with Crippen molar-refractivity contribution in [2.45, 2.75) is 0 Å². The molecule has 0 spiro atoms. The number of hydrogen-bond donors (Lipinski definition) is 1. The normalized spacial score (nSPS) is 6.00. The minimum atomic E-state index is 0. The smallest absolute Gasteiger partial charge is 0.0195 e. The molecule has 0 aliphatic rings. The van der Waals surface area contributed by atoms with Crippen molar-refractivity contribution in [1.82, 2.24) is 0 Å². The molecule has 2 N–H and O–H groups in total. The van der Waals surface area contributed by atoms with Crippen molar-refractivity contribution in [2.75, 3.05) is 7.05 Å². The fourth-order valence-corrected chi connectivity index (χ4v) is 0.385. The molecule has 52 valence electrons. The molecule has 0 bridgehead atoms. The van der Waals surface area contributed by atoms with E-state index in [1.165, 1.54) is 7.05 Å². The van der Waals surface area contributed by atoms with Gasteiger partial charge in [-0.3, -0.25) is 0 Å². The summed E-state index contributed by atoms with van der Waals surface area (Å²) in [4.78, 5) is 0. The Labute approximate surface area is 62.3 Å². The van der Waals surface area contributed by atoms with Crippen LogP contribution in [0.1, 0.15) is 0 Å². The van der Waals surface area contributed by atoms with E-state index in [-0.39, 0.29) is 12.4 Å². The van der Waals surface area contributed by atoms with Crippen LogP contribution >= 0.6 is 12.4 Å². The molecule has 9 heavy (non-hydrogen) atoms. The van der Waals surface area contributed by atoms with Crippen LogP contribution in [-0.4, -0.2) is 7.05 Å². The van der Waals surface area contributed by atoms with Crippen LogP contribution in [0.4, 0.5) is 0 Å². The van der Waals surface area contributed by atoms with Crippen molar-refractivity contribution in [3.8, 4) is 0 Å². The Bertz CT molecular complexity index is 80.8. The van der Waals surface area contributed by atoms with Gasteiger partial charge in [-0.2, -0.15) is 0 Å². The highest BCUT2D eigenvalue weighted by Gasteiger charge is 1.57. The van der Waals surface area contributed by atoms with E-state index in [1.807, 2.05) is 36.4 Å². The summed E-state index contributed by atoms with van der Waals surface area (Å²) in [6.45, 7) is 0. The molecule has 1 aromatic carbocycles. The quantitative estimate of drug-likeness (QED) is 0.591. The van der Waals surface area contributed by atoms with Crippen LogP contribution in [0.5, 0.6) is 0 Å². The number of halogens is 1. The lowest BCUT2D eigenvalue weighted by Crippen LogP contribution is -1.69. The predicted molar refractivity (Wildman–Crippen MR) is 43.8 cm³/mol. The molecule has 0 saturated heterocycles. The van der Waals surface area contributed by atoms with Gasteiger partial charge in [-0.1, -0.05) is 36.4 Å². The number of nitrogens with two attached hydrogens (primary N) is 1. The van der Waals surface area contributed by atoms with E-state index in [1.54, 1.807) is 0 Å². The predicted octanol–water partition coefficient (Wildman–Crippen LogP) is 1.68. The first-order chi connectivity index (χ1) is 4.00. The van der Waals surface area contributed by atoms with Gasteiger partial charge in [0.05, 0.1) is 0 Å². The third kappa shape index (κ3) is 7.47. The minimum Gasteiger partial charge on any atom is -0.333 e. The van der Waals surface area contributed by atoms with Crippen molar-refractivity contribution in [3.05, 3.63) is 36.4 Å². The van der Waals surface area contributed by atoms with Crippen molar-refractivity contribution >= 4 is 12.4 Å². The molecule has 0 aliphatic heterocycles. The van der Waals surface area contributed by atoms with Gasteiger partial charge in [0.15, 0.2) is 0 Å². The fraction of sp³-hybridized carbons (Fsp3) is 0.143. The molecule has 2 heteroatoms. The van der Waals surface area contributed by atoms with Gasteiger partial charge in [-0.15, -0.1) is 12.4 Å². The monoisotopic (exact) mass is 145 g/mol. The van der Waals surface area contributed by atoms with Crippen LogP contribution in [0.15, 0.2) is 36.4 Å². The van der Waals surface area contributed by atoms with Crippen LogP contribution in [0, 0.1) is 0 Å². The zero-order valence-electron chi connectivity index (χ0n) is 5.45. The zero-order chi connectivity index (χ0) is 6.24. The molecule has 0 radical (unpaired) electrons. The summed E-state index contributed by atoms with van der Waals surface area (Å²) in [5.74, 6) is 0. The van der Waals surface area contributed by atoms with Crippen molar-refractivity contribution in [3.63, 3.8) is 0 Å². The third-order valence-corrected chi connectivity index (χ3v) is 0.667. The summed E-state index contributed by atoms with van der Waals surface area (Å²) >= 11 is 0. The molecule has 0 aromatic heterocycles. The highest BCUT2D eigenvalue weighted by Crippen LogP contribution is 1.79. The highest BCUT2D eigenvalue weighted by atomic mass is 35.5. The average molecular weight is 146 g/mol. The molecule has 0 atom stereocenters. The van der Waals surface area contributed by atoms with Gasteiger partial charge in [0, 0.05) is 0 Å². The maximum absolute atomic E-state index is 4.50. The lowest BCUT2D eigenvalue weighted by atomic mass is 10.4.